The molecule has 1 heterocycles. The molecule has 2 N–H and O–H groups in total. The minimum atomic E-state index is -0.0437. The smallest absolute Gasteiger partial charge is 0.315 e. The fourth-order valence-corrected chi connectivity index (χ4v) is 2.38. The van der Waals surface area contributed by atoms with E-state index in [1.807, 2.05) is 17.8 Å². The highest BCUT2D eigenvalue weighted by atomic mass is 16.2. The van der Waals surface area contributed by atoms with Gasteiger partial charge in [0.15, 0.2) is 0 Å². The molecule has 1 aromatic heterocycles. The highest BCUT2D eigenvalue weighted by molar-refractivity contribution is 5.74. The second-order valence-corrected chi connectivity index (χ2v) is 5.02. The number of aryl methyl sites for hydroxylation is 1. The Labute approximate surface area is 108 Å². The quantitative estimate of drug-likeness (QED) is 0.852. The number of carbonyl (C=O) groups is 1. The van der Waals surface area contributed by atoms with Crippen LogP contribution in [0.2, 0.25) is 0 Å². The summed E-state index contributed by atoms with van der Waals surface area (Å²) in [5.41, 5.74) is 1.01. The van der Waals surface area contributed by atoms with Gasteiger partial charge in [-0.2, -0.15) is 0 Å². The highest BCUT2D eigenvalue weighted by Gasteiger charge is 2.15. The minimum absolute atomic E-state index is 0.0437. The number of aromatic nitrogens is 2. The van der Waals surface area contributed by atoms with Gasteiger partial charge in [0.05, 0.1) is 12.0 Å². The molecule has 0 atom stereocenters. The topological polar surface area (TPSA) is 59.0 Å². The Morgan fingerprint density at radius 3 is 2.89 bits per heavy atom. The maximum Gasteiger partial charge on any atom is 0.315 e. The van der Waals surface area contributed by atoms with Crippen molar-refractivity contribution in [2.75, 3.05) is 6.54 Å². The number of hydrogen-bond acceptors (Lipinski definition) is 2. The Balaban J connectivity index is 1.62. The van der Waals surface area contributed by atoms with Crippen molar-refractivity contribution in [3.8, 4) is 0 Å². The molecule has 1 saturated carbocycles. The van der Waals surface area contributed by atoms with Crippen LogP contribution in [0.1, 0.15) is 37.8 Å². The largest absolute Gasteiger partial charge is 0.340 e. The molecule has 1 aliphatic rings. The fraction of sp³-hybridized carbons (Fsp3) is 0.692. The lowest BCUT2D eigenvalue weighted by atomic mass is 9.96. The maximum atomic E-state index is 11.7. The number of rotatable bonds is 4. The Morgan fingerprint density at radius 1 is 1.44 bits per heavy atom. The molecule has 2 amide bonds. The molecule has 0 bridgehead atoms. The fourth-order valence-electron chi connectivity index (χ4n) is 2.38. The molecule has 18 heavy (non-hydrogen) atoms. The van der Waals surface area contributed by atoms with Gasteiger partial charge in [-0.15, -0.1) is 0 Å². The van der Waals surface area contributed by atoms with Crippen molar-refractivity contribution >= 4 is 6.03 Å². The molecule has 0 unspecified atom stereocenters. The predicted molar refractivity (Wildman–Crippen MR) is 70.3 cm³/mol. The standard InChI is InChI=1S/C13H22N4O/c1-17-9-12(15-10-17)7-8-14-13(18)16-11-5-3-2-4-6-11/h9-11H,2-8H2,1H3,(H2,14,16,18). The molecule has 2 rings (SSSR count). The molecule has 5 heteroatoms. The summed E-state index contributed by atoms with van der Waals surface area (Å²) in [5.74, 6) is 0. The van der Waals surface area contributed by atoms with Crippen LogP contribution >= 0.6 is 0 Å². The van der Waals surface area contributed by atoms with Crippen molar-refractivity contribution in [3.63, 3.8) is 0 Å². The zero-order valence-corrected chi connectivity index (χ0v) is 11.0. The Hall–Kier alpha value is -1.52. The van der Waals surface area contributed by atoms with Crippen molar-refractivity contribution in [1.82, 2.24) is 20.2 Å². The Bertz CT molecular complexity index is 382. The Morgan fingerprint density at radius 2 is 2.22 bits per heavy atom. The van der Waals surface area contributed by atoms with E-state index in [-0.39, 0.29) is 6.03 Å². The molecule has 0 spiro atoms. The summed E-state index contributed by atoms with van der Waals surface area (Å²) < 4.78 is 1.91. The van der Waals surface area contributed by atoms with E-state index in [4.69, 9.17) is 0 Å². The van der Waals surface area contributed by atoms with Gasteiger partial charge in [0.25, 0.3) is 0 Å². The lowest BCUT2D eigenvalue weighted by molar-refractivity contribution is 0.233. The van der Waals surface area contributed by atoms with Gasteiger partial charge in [-0.25, -0.2) is 9.78 Å². The van der Waals surface area contributed by atoms with Gasteiger partial charge in [0, 0.05) is 32.3 Å². The summed E-state index contributed by atoms with van der Waals surface area (Å²) >= 11 is 0. The summed E-state index contributed by atoms with van der Waals surface area (Å²) in [7, 11) is 1.94. The molecule has 0 saturated heterocycles. The van der Waals surface area contributed by atoms with Crippen LogP contribution in [0.25, 0.3) is 0 Å². The van der Waals surface area contributed by atoms with Gasteiger partial charge in [-0.05, 0) is 12.8 Å². The molecule has 0 aliphatic heterocycles. The minimum Gasteiger partial charge on any atom is -0.340 e. The summed E-state index contributed by atoms with van der Waals surface area (Å²) in [4.78, 5) is 15.9. The first-order valence-corrected chi connectivity index (χ1v) is 6.75. The van der Waals surface area contributed by atoms with Crippen LogP contribution in [0.4, 0.5) is 4.79 Å². The first-order valence-electron chi connectivity index (χ1n) is 6.75. The first-order chi connectivity index (χ1) is 8.74. The van der Waals surface area contributed by atoms with Crippen molar-refractivity contribution in [1.29, 1.82) is 0 Å². The van der Waals surface area contributed by atoms with Gasteiger partial charge in [0.1, 0.15) is 0 Å². The van der Waals surface area contributed by atoms with E-state index >= 15 is 0 Å². The van der Waals surface area contributed by atoms with Crippen LogP contribution in [-0.2, 0) is 13.5 Å². The van der Waals surface area contributed by atoms with Gasteiger partial charge in [0.2, 0.25) is 0 Å². The van der Waals surface area contributed by atoms with Crippen LogP contribution in [0.3, 0.4) is 0 Å². The van der Waals surface area contributed by atoms with E-state index in [2.05, 4.69) is 15.6 Å². The number of amides is 2. The van der Waals surface area contributed by atoms with E-state index in [0.29, 0.717) is 12.6 Å². The third-order valence-electron chi connectivity index (χ3n) is 3.37. The SMILES string of the molecule is Cn1cnc(CCNC(=O)NC2CCCCC2)c1. The molecule has 0 radical (unpaired) electrons. The summed E-state index contributed by atoms with van der Waals surface area (Å²) in [5, 5.41) is 5.92. The normalized spacial score (nSPS) is 16.5. The molecular formula is C13H22N4O. The monoisotopic (exact) mass is 250 g/mol. The van der Waals surface area contributed by atoms with Crippen molar-refractivity contribution in [2.45, 2.75) is 44.6 Å². The number of nitrogens with one attached hydrogen (secondary N) is 2. The zero-order valence-electron chi connectivity index (χ0n) is 11.0. The van der Waals surface area contributed by atoms with E-state index < -0.39 is 0 Å². The molecule has 0 aromatic carbocycles. The summed E-state index contributed by atoms with van der Waals surface area (Å²) in [6.07, 6.45) is 10.5. The molecule has 1 aromatic rings. The average Bonchev–Trinajstić information content (AvgIpc) is 2.76. The lowest BCUT2D eigenvalue weighted by Crippen LogP contribution is -2.43. The molecule has 1 aliphatic carbocycles. The van der Waals surface area contributed by atoms with Crippen LogP contribution in [0.15, 0.2) is 12.5 Å². The maximum absolute atomic E-state index is 11.7. The third-order valence-corrected chi connectivity index (χ3v) is 3.37. The van der Waals surface area contributed by atoms with E-state index in [1.165, 1.54) is 19.3 Å². The van der Waals surface area contributed by atoms with Crippen LogP contribution < -0.4 is 10.6 Å². The van der Waals surface area contributed by atoms with Crippen molar-refractivity contribution in [2.24, 2.45) is 7.05 Å². The van der Waals surface area contributed by atoms with Gasteiger partial charge in [-0.1, -0.05) is 19.3 Å². The number of nitrogens with zero attached hydrogens (tertiary/aromatic N) is 2. The summed E-state index contributed by atoms with van der Waals surface area (Å²) in [6.45, 7) is 0.634. The second kappa shape index (κ2) is 6.42. The Kier molecular flexibility index (Phi) is 4.61. The second-order valence-electron chi connectivity index (χ2n) is 5.02. The van der Waals surface area contributed by atoms with Crippen LogP contribution in [0.5, 0.6) is 0 Å². The average molecular weight is 250 g/mol. The number of hydrogen-bond donors (Lipinski definition) is 2. The van der Waals surface area contributed by atoms with Crippen molar-refractivity contribution in [3.05, 3.63) is 18.2 Å². The first kappa shape index (κ1) is 12.9. The van der Waals surface area contributed by atoms with Crippen molar-refractivity contribution < 1.29 is 4.79 Å². The molecular weight excluding hydrogens is 228 g/mol. The molecule has 1 fully saturated rings. The van der Waals surface area contributed by atoms with Crippen LogP contribution in [-0.4, -0.2) is 28.2 Å². The van der Waals surface area contributed by atoms with E-state index in [0.717, 1.165) is 25.0 Å². The van der Waals surface area contributed by atoms with Gasteiger partial charge >= 0.3 is 6.03 Å². The summed E-state index contributed by atoms with van der Waals surface area (Å²) in [6, 6.07) is 0.325. The lowest BCUT2D eigenvalue weighted by Gasteiger charge is -2.22. The zero-order chi connectivity index (χ0) is 12.8. The molecule has 5 nitrogen and oxygen atoms in total. The molecule has 100 valence electrons. The van der Waals surface area contributed by atoms with Crippen LogP contribution in [0, 0.1) is 0 Å². The number of imidazole rings is 1. The number of carbonyl (C=O) groups excluding carboxylic acids is 1. The highest BCUT2D eigenvalue weighted by Crippen LogP contribution is 2.17. The predicted octanol–water partition coefficient (Wildman–Crippen LogP) is 1.59. The number of urea groups is 1. The van der Waals surface area contributed by atoms with Gasteiger partial charge < -0.3 is 15.2 Å². The third kappa shape index (κ3) is 4.05. The van der Waals surface area contributed by atoms with E-state index in [1.54, 1.807) is 6.33 Å². The van der Waals surface area contributed by atoms with Gasteiger partial charge in [-0.3, -0.25) is 0 Å². The van der Waals surface area contributed by atoms with E-state index in [9.17, 15) is 4.79 Å².